The topological polar surface area (TPSA) is 81.6 Å². The lowest BCUT2D eigenvalue weighted by Gasteiger charge is -2.17. The molecule has 0 saturated heterocycles. The summed E-state index contributed by atoms with van der Waals surface area (Å²) < 4.78 is 0. The number of hydrogen-bond acceptors (Lipinski definition) is 4. The van der Waals surface area contributed by atoms with E-state index < -0.39 is 0 Å². The van der Waals surface area contributed by atoms with Crippen molar-refractivity contribution in [2.24, 2.45) is 0 Å². The minimum Gasteiger partial charge on any atom is -0.508 e. The molecule has 0 bridgehead atoms. The molecular weight excluding hydrogens is 268 g/mol. The second-order valence-electron chi connectivity index (χ2n) is 4.87. The van der Waals surface area contributed by atoms with E-state index >= 15 is 0 Å². The van der Waals surface area contributed by atoms with E-state index in [9.17, 15) is 15.0 Å². The number of carbonyl (C=O) groups excluding carboxylic acids is 1. The summed E-state index contributed by atoms with van der Waals surface area (Å²) in [6.45, 7) is 3.36. The van der Waals surface area contributed by atoms with Crippen molar-refractivity contribution in [1.29, 1.82) is 0 Å². The number of rotatable bonds is 4. The van der Waals surface area contributed by atoms with Crippen LogP contribution < -0.4 is 10.6 Å². The highest BCUT2D eigenvalue weighted by Crippen LogP contribution is 2.30. The van der Waals surface area contributed by atoms with Crippen molar-refractivity contribution < 1.29 is 15.0 Å². The van der Waals surface area contributed by atoms with Crippen LogP contribution in [0.15, 0.2) is 42.5 Å². The molecule has 0 aliphatic carbocycles. The fourth-order valence-electron chi connectivity index (χ4n) is 2.12. The Morgan fingerprint density at radius 2 is 1.81 bits per heavy atom. The molecule has 0 heterocycles. The van der Waals surface area contributed by atoms with Gasteiger partial charge in [0, 0.05) is 29.9 Å². The SMILES string of the molecule is CC(=O)Nc1cccc(NC(C)c2ccc(O)cc2O)c1. The highest BCUT2D eigenvalue weighted by atomic mass is 16.3. The fourth-order valence-corrected chi connectivity index (χ4v) is 2.12. The second kappa shape index (κ2) is 6.17. The number of nitrogens with one attached hydrogen (secondary N) is 2. The zero-order valence-electron chi connectivity index (χ0n) is 11.9. The maximum atomic E-state index is 11.1. The van der Waals surface area contributed by atoms with E-state index in [1.807, 2.05) is 25.1 Å². The Labute approximate surface area is 123 Å². The largest absolute Gasteiger partial charge is 0.508 e. The van der Waals surface area contributed by atoms with Crippen LogP contribution in [0.1, 0.15) is 25.5 Å². The summed E-state index contributed by atoms with van der Waals surface area (Å²) in [7, 11) is 0. The van der Waals surface area contributed by atoms with Crippen molar-refractivity contribution in [3.8, 4) is 11.5 Å². The third-order valence-electron chi connectivity index (χ3n) is 3.05. The molecule has 4 N–H and O–H groups in total. The van der Waals surface area contributed by atoms with Crippen LogP contribution in [0.3, 0.4) is 0 Å². The molecule has 2 rings (SSSR count). The Kier molecular flexibility index (Phi) is 4.33. The first kappa shape index (κ1) is 14.7. The Hall–Kier alpha value is -2.69. The predicted octanol–water partition coefficient (Wildman–Crippen LogP) is 3.23. The molecule has 5 heteroatoms. The first-order valence-electron chi connectivity index (χ1n) is 6.62. The molecule has 5 nitrogen and oxygen atoms in total. The first-order valence-corrected chi connectivity index (χ1v) is 6.62. The summed E-state index contributed by atoms with van der Waals surface area (Å²) >= 11 is 0. The van der Waals surface area contributed by atoms with Gasteiger partial charge in [0.15, 0.2) is 0 Å². The second-order valence-corrected chi connectivity index (χ2v) is 4.87. The van der Waals surface area contributed by atoms with Gasteiger partial charge in [-0.25, -0.2) is 0 Å². The molecule has 0 aromatic heterocycles. The summed E-state index contributed by atoms with van der Waals surface area (Å²) in [4.78, 5) is 11.1. The third kappa shape index (κ3) is 3.89. The zero-order chi connectivity index (χ0) is 15.4. The van der Waals surface area contributed by atoms with E-state index in [0.717, 1.165) is 5.69 Å². The summed E-state index contributed by atoms with van der Waals surface area (Å²) in [6, 6.07) is 11.7. The van der Waals surface area contributed by atoms with Crippen LogP contribution in [-0.4, -0.2) is 16.1 Å². The molecule has 0 aliphatic rings. The average molecular weight is 286 g/mol. The minimum absolute atomic E-state index is 0.0242. The number of hydrogen-bond donors (Lipinski definition) is 4. The quantitative estimate of drug-likeness (QED) is 0.695. The lowest BCUT2D eigenvalue weighted by atomic mass is 10.1. The van der Waals surface area contributed by atoms with E-state index in [1.54, 1.807) is 12.1 Å². The lowest BCUT2D eigenvalue weighted by Crippen LogP contribution is -2.08. The van der Waals surface area contributed by atoms with Crippen LogP contribution in [0.4, 0.5) is 11.4 Å². The van der Waals surface area contributed by atoms with Crippen LogP contribution >= 0.6 is 0 Å². The molecule has 0 spiro atoms. The summed E-state index contributed by atoms with van der Waals surface area (Å²) in [5, 5.41) is 25.1. The molecule has 110 valence electrons. The molecule has 1 unspecified atom stereocenters. The van der Waals surface area contributed by atoms with Crippen LogP contribution in [0.5, 0.6) is 11.5 Å². The molecule has 0 radical (unpaired) electrons. The number of carbonyl (C=O) groups is 1. The average Bonchev–Trinajstić information content (AvgIpc) is 2.37. The Morgan fingerprint density at radius 1 is 1.10 bits per heavy atom. The third-order valence-corrected chi connectivity index (χ3v) is 3.05. The van der Waals surface area contributed by atoms with Crippen LogP contribution in [0.2, 0.25) is 0 Å². The zero-order valence-corrected chi connectivity index (χ0v) is 11.9. The highest BCUT2D eigenvalue weighted by molar-refractivity contribution is 5.89. The number of anilines is 2. The molecular formula is C16H18N2O3. The minimum atomic E-state index is -0.154. The van der Waals surface area contributed by atoms with E-state index in [1.165, 1.54) is 19.1 Å². The number of benzene rings is 2. The van der Waals surface area contributed by atoms with E-state index in [0.29, 0.717) is 11.3 Å². The predicted molar refractivity (Wildman–Crippen MR) is 82.6 cm³/mol. The van der Waals surface area contributed by atoms with Crippen LogP contribution in [0.25, 0.3) is 0 Å². The van der Waals surface area contributed by atoms with Gasteiger partial charge in [0.05, 0.1) is 6.04 Å². The maximum absolute atomic E-state index is 11.1. The van der Waals surface area contributed by atoms with Gasteiger partial charge in [-0.05, 0) is 37.3 Å². The van der Waals surface area contributed by atoms with Crippen molar-refractivity contribution >= 4 is 17.3 Å². The van der Waals surface area contributed by atoms with Crippen molar-refractivity contribution in [2.45, 2.75) is 19.9 Å². The van der Waals surface area contributed by atoms with Crippen molar-refractivity contribution in [3.05, 3.63) is 48.0 Å². The van der Waals surface area contributed by atoms with Crippen molar-refractivity contribution in [1.82, 2.24) is 0 Å². The summed E-state index contributed by atoms with van der Waals surface area (Å²) in [6.07, 6.45) is 0. The normalized spacial score (nSPS) is 11.7. The molecule has 0 aliphatic heterocycles. The van der Waals surface area contributed by atoms with Gasteiger partial charge in [0.1, 0.15) is 11.5 Å². The molecule has 21 heavy (non-hydrogen) atoms. The number of amides is 1. The smallest absolute Gasteiger partial charge is 0.221 e. The monoisotopic (exact) mass is 286 g/mol. The number of phenols is 2. The van der Waals surface area contributed by atoms with Gasteiger partial charge in [-0.1, -0.05) is 6.07 Å². The molecule has 2 aromatic rings. The van der Waals surface area contributed by atoms with Gasteiger partial charge in [-0.15, -0.1) is 0 Å². The number of aromatic hydroxyl groups is 2. The van der Waals surface area contributed by atoms with E-state index in [4.69, 9.17) is 0 Å². The molecule has 0 fully saturated rings. The van der Waals surface area contributed by atoms with Crippen molar-refractivity contribution in [3.63, 3.8) is 0 Å². The Balaban J connectivity index is 2.15. The lowest BCUT2D eigenvalue weighted by molar-refractivity contribution is -0.114. The standard InChI is InChI=1S/C16H18N2O3/c1-10(15-7-6-14(20)9-16(15)21)17-12-4-3-5-13(8-12)18-11(2)19/h3-10,17,20-21H,1-2H3,(H,18,19). The Bertz CT molecular complexity index is 656. The van der Waals surface area contributed by atoms with Gasteiger partial charge < -0.3 is 20.8 Å². The highest BCUT2D eigenvalue weighted by Gasteiger charge is 2.11. The van der Waals surface area contributed by atoms with Gasteiger partial charge >= 0.3 is 0 Å². The van der Waals surface area contributed by atoms with Crippen molar-refractivity contribution in [2.75, 3.05) is 10.6 Å². The van der Waals surface area contributed by atoms with Gasteiger partial charge in [0.2, 0.25) is 5.91 Å². The first-order chi connectivity index (χ1) is 9.95. The number of phenolic OH excluding ortho intramolecular Hbond substituents is 2. The van der Waals surface area contributed by atoms with Crippen LogP contribution in [0, 0.1) is 0 Å². The summed E-state index contributed by atoms with van der Waals surface area (Å²) in [5.74, 6) is -0.0690. The summed E-state index contributed by atoms with van der Waals surface area (Å²) in [5.41, 5.74) is 2.20. The van der Waals surface area contributed by atoms with E-state index in [-0.39, 0.29) is 23.4 Å². The molecule has 2 aromatic carbocycles. The molecule has 0 saturated carbocycles. The molecule has 1 atom stereocenters. The maximum Gasteiger partial charge on any atom is 0.221 e. The van der Waals surface area contributed by atoms with E-state index in [2.05, 4.69) is 10.6 Å². The Morgan fingerprint density at radius 3 is 2.48 bits per heavy atom. The molecule has 1 amide bonds. The fraction of sp³-hybridized carbons (Fsp3) is 0.188. The van der Waals surface area contributed by atoms with Gasteiger partial charge in [0.25, 0.3) is 0 Å². The van der Waals surface area contributed by atoms with Gasteiger partial charge in [-0.2, -0.15) is 0 Å². The van der Waals surface area contributed by atoms with Gasteiger partial charge in [-0.3, -0.25) is 4.79 Å². The van der Waals surface area contributed by atoms with Crippen LogP contribution in [-0.2, 0) is 4.79 Å².